The van der Waals surface area contributed by atoms with Crippen LogP contribution in [0.5, 0.6) is 0 Å². The molecule has 0 fully saturated rings. The summed E-state index contributed by atoms with van der Waals surface area (Å²) in [7, 11) is 1.98. The van der Waals surface area contributed by atoms with Crippen molar-refractivity contribution in [2.24, 2.45) is 0 Å². The van der Waals surface area contributed by atoms with Gasteiger partial charge in [0.15, 0.2) is 6.29 Å². The minimum absolute atomic E-state index is 0.641. The third kappa shape index (κ3) is 2.95. The summed E-state index contributed by atoms with van der Waals surface area (Å²) in [5.74, 6) is 0.750. The molecular weight excluding hydrogens is 280 g/mol. The number of carbonyl (C=O) groups excluding carboxylic acids is 1. The summed E-state index contributed by atoms with van der Waals surface area (Å²) in [6.07, 6.45) is 1.84. The van der Waals surface area contributed by atoms with Crippen LogP contribution in [0.2, 0.25) is 0 Å². The Morgan fingerprint density at radius 1 is 1.24 bits per heavy atom. The van der Waals surface area contributed by atoms with E-state index in [4.69, 9.17) is 0 Å². The van der Waals surface area contributed by atoms with E-state index >= 15 is 0 Å². The molecule has 0 radical (unpaired) electrons. The number of anilines is 1. The number of nitrogens with zero attached hydrogens (tertiary/aromatic N) is 2. The van der Waals surface area contributed by atoms with Crippen LogP contribution in [0.15, 0.2) is 47.8 Å². The third-order valence-corrected chi connectivity index (χ3v) is 4.43. The second-order valence-electron chi connectivity index (χ2n) is 4.96. The summed E-state index contributed by atoms with van der Waals surface area (Å²) in [5.41, 5.74) is 1.56. The predicted molar refractivity (Wildman–Crippen MR) is 88.4 cm³/mol. The van der Waals surface area contributed by atoms with Crippen molar-refractivity contribution in [3.63, 3.8) is 0 Å². The number of rotatable bonds is 5. The highest BCUT2D eigenvalue weighted by molar-refractivity contribution is 7.09. The van der Waals surface area contributed by atoms with Crippen LogP contribution in [-0.4, -0.2) is 24.9 Å². The summed E-state index contributed by atoms with van der Waals surface area (Å²) in [6, 6.07) is 14.0. The van der Waals surface area contributed by atoms with E-state index < -0.39 is 0 Å². The van der Waals surface area contributed by atoms with Gasteiger partial charge in [0, 0.05) is 23.9 Å². The smallest absolute Gasteiger partial charge is 0.153 e. The number of benzene rings is 1. The topological polar surface area (TPSA) is 33.2 Å². The number of hydrogen-bond donors (Lipinski definition) is 0. The van der Waals surface area contributed by atoms with E-state index in [1.54, 1.807) is 11.3 Å². The fourth-order valence-electron chi connectivity index (χ4n) is 2.35. The maximum atomic E-state index is 11.3. The van der Waals surface area contributed by atoms with Gasteiger partial charge in [-0.15, -0.1) is 11.3 Å². The lowest BCUT2D eigenvalue weighted by atomic mass is 10.1. The number of pyridine rings is 1. The average molecular weight is 296 g/mol. The molecule has 3 rings (SSSR count). The molecule has 21 heavy (non-hydrogen) atoms. The van der Waals surface area contributed by atoms with Crippen molar-refractivity contribution in [1.82, 2.24) is 4.98 Å². The van der Waals surface area contributed by atoms with Gasteiger partial charge in [0.1, 0.15) is 5.82 Å². The van der Waals surface area contributed by atoms with Gasteiger partial charge in [-0.05, 0) is 30.0 Å². The molecule has 0 saturated carbocycles. The van der Waals surface area contributed by atoms with E-state index in [0.717, 1.165) is 36.0 Å². The van der Waals surface area contributed by atoms with E-state index in [9.17, 15) is 4.79 Å². The monoisotopic (exact) mass is 296 g/mol. The van der Waals surface area contributed by atoms with E-state index in [1.807, 2.05) is 37.4 Å². The van der Waals surface area contributed by atoms with E-state index in [-0.39, 0.29) is 0 Å². The molecule has 106 valence electrons. The number of carbonyl (C=O) groups is 1. The molecule has 0 bridgehead atoms. The Morgan fingerprint density at radius 2 is 2.10 bits per heavy atom. The van der Waals surface area contributed by atoms with Crippen molar-refractivity contribution in [1.29, 1.82) is 0 Å². The SMILES string of the molecule is CN(CCc1cccs1)c1nc2ccccc2cc1C=O. The summed E-state index contributed by atoms with van der Waals surface area (Å²) in [5, 5.41) is 3.08. The summed E-state index contributed by atoms with van der Waals surface area (Å²) < 4.78 is 0. The minimum atomic E-state index is 0.641. The van der Waals surface area contributed by atoms with Crippen molar-refractivity contribution in [2.75, 3.05) is 18.5 Å². The lowest BCUT2D eigenvalue weighted by Gasteiger charge is -2.20. The zero-order valence-electron chi connectivity index (χ0n) is 11.8. The van der Waals surface area contributed by atoms with Gasteiger partial charge in [-0.25, -0.2) is 4.98 Å². The van der Waals surface area contributed by atoms with Gasteiger partial charge in [-0.2, -0.15) is 0 Å². The summed E-state index contributed by atoms with van der Waals surface area (Å²) >= 11 is 1.76. The Bertz CT molecular complexity index is 753. The Hall–Kier alpha value is -2.20. The highest BCUT2D eigenvalue weighted by atomic mass is 32.1. The van der Waals surface area contributed by atoms with E-state index in [1.165, 1.54) is 4.88 Å². The van der Waals surface area contributed by atoms with Gasteiger partial charge in [-0.1, -0.05) is 24.3 Å². The molecule has 0 atom stereocenters. The molecule has 2 aromatic heterocycles. The number of aromatic nitrogens is 1. The van der Waals surface area contributed by atoms with Gasteiger partial charge >= 0.3 is 0 Å². The molecule has 0 saturated heterocycles. The lowest BCUT2D eigenvalue weighted by molar-refractivity contribution is 0.112. The van der Waals surface area contributed by atoms with Crippen LogP contribution in [0.4, 0.5) is 5.82 Å². The maximum absolute atomic E-state index is 11.3. The molecule has 1 aromatic carbocycles. The summed E-state index contributed by atoms with van der Waals surface area (Å²) in [4.78, 5) is 19.4. The second-order valence-corrected chi connectivity index (χ2v) is 5.99. The molecule has 4 heteroatoms. The van der Waals surface area contributed by atoms with E-state index in [2.05, 4.69) is 27.4 Å². The molecule has 0 N–H and O–H groups in total. The van der Waals surface area contributed by atoms with Crippen LogP contribution in [0.3, 0.4) is 0 Å². The standard InChI is InChI=1S/C17H16N2OS/c1-19(9-8-15-6-4-10-21-15)17-14(12-20)11-13-5-2-3-7-16(13)18-17/h2-7,10-12H,8-9H2,1H3. The quantitative estimate of drug-likeness (QED) is 0.672. The Morgan fingerprint density at radius 3 is 2.86 bits per heavy atom. The van der Waals surface area contributed by atoms with Gasteiger partial charge in [0.05, 0.1) is 11.1 Å². The van der Waals surface area contributed by atoms with Crippen molar-refractivity contribution in [2.45, 2.75) is 6.42 Å². The molecule has 2 heterocycles. The first kappa shape index (κ1) is 13.8. The number of para-hydroxylation sites is 1. The van der Waals surface area contributed by atoms with Crippen LogP contribution in [-0.2, 0) is 6.42 Å². The normalized spacial score (nSPS) is 10.7. The fourth-order valence-corrected chi connectivity index (χ4v) is 3.05. The molecule has 0 spiro atoms. The first-order chi connectivity index (χ1) is 10.3. The largest absolute Gasteiger partial charge is 0.359 e. The van der Waals surface area contributed by atoms with Crippen LogP contribution < -0.4 is 4.90 Å². The van der Waals surface area contributed by atoms with Crippen molar-refractivity contribution < 1.29 is 4.79 Å². The highest BCUT2D eigenvalue weighted by Gasteiger charge is 2.11. The fraction of sp³-hybridized carbons (Fsp3) is 0.176. The van der Waals surface area contributed by atoms with Gasteiger partial charge < -0.3 is 4.90 Å². The number of fused-ring (bicyclic) bond motifs is 1. The van der Waals surface area contributed by atoms with Gasteiger partial charge in [0.25, 0.3) is 0 Å². The minimum Gasteiger partial charge on any atom is -0.359 e. The van der Waals surface area contributed by atoms with Crippen LogP contribution in [0, 0.1) is 0 Å². The number of aldehydes is 1. The molecule has 3 aromatic rings. The Balaban J connectivity index is 1.88. The highest BCUT2D eigenvalue weighted by Crippen LogP contribution is 2.22. The molecule has 0 aliphatic rings. The van der Waals surface area contributed by atoms with Crippen molar-refractivity contribution >= 4 is 34.3 Å². The zero-order chi connectivity index (χ0) is 14.7. The Labute approximate surface area is 127 Å². The first-order valence-corrected chi connectivity index (χ1v) is 7.74. The van der Waals surface area contributed by atoms with E-state index in [0.29, 0.717) is 5.56 Å². The molecule has 0 aliphatic carbocycles. The first-order valence-electron chi connectivity index (χ1n) is 6.86. The maximum Gasteiger partial charge on any atom is 0.153 e. The van der Waals surface area contributed by atoms with Crippen LogP contribution >= 0.6 is 11.3 Å². The lowest BCUT2D eigenvalue weighted by Crippen LogP contribution is -2.22. The molecule has 0 aliphatic heterocycles. The van der Waals surface area contributed by atoms with Crippen molar-refractivity contribution in [3.05, 3.63) is 58.3 Å². The number of likely N-dealkylation sites (N-methyl/N-ethyl adjacent to an activating group) is 1. The van der Waals surface area contributed by atoms with Crippen molar-refractivity contribution in [3.8, 4) is 0 Å². The Kier molecular flexibility index (Phi) is 3.97. The molecule has 0 unspecified atom stereocenters. The van der Waals surface area contributed by atoms with Gasteiger partial charge in [-0.3, -0.25) is 4.79 Å². The third-order valence-electron chi connectivity index (χ3n) is 3.49. The van der Waals surface area contributed by atoms with Crippen LogP contribution in [0.25, 0.3) is 10.9 Å². The number of thiophene rings is 1. The second kappa shape index (κ2) is 6.06. The molecule has 0 amide bonds. The predicted octanol–water partition coefficient (Wildman–Crippen LogP) is 3.79. The summed E-state index contributed by atoms with van der Waals surface area (Å²) in [6.45, 7) is 0.840. The molecule has 3 nitrogen and oxygen atoms in total. The number of hydrogen-bond acceptors (Lipinski definition) is 4. The van der Waals surface area contributed by atoms with Crippen LogP contribution in [0.1, 0.15) is 15.2 Å². The molecular formula is C17H16N2OS. The average Bonchev–Trinajstić information content (AvgIpc) is 3.04. The van der Waals surface area contributed by atoms with Gasteiger partial charge in [0.2, 0.25) is 0 Å². The zero-order valence-corrected chi connectivity index (χ0v) is 12.6.